The number of hydrogen-bond donors (Lipinski definition) is 4. The first-order valence-electron chi connectivity index (χ1n) is 8.29. The minimum atomic E-state index is 0.552. The van der Waals surface area contributed by atoms with Gasteiger partial charge in [0.2, 0.25) is 0 Å². The molecule has 1 aliphatic heterocycles. The molecule has 1 aromatic carbocycles. The zero-order valence-electron chi connectivity index (χ0n) is 13.9. The van der Waals surface area contributed by atoms with Crippen molar-refractivity contribution in [2.24, 2.45) is 5.10 Å². The molecule has 2 aromatic rings. The molecule has 0 unspecified atom stereocenters. The fraction of sp³-hybridized carbons (Fsp3) is 0.412. The quantitative estimate of drug-likeness (QED) is 0.355. The third kappa shape index (κ3) is 4.31. The van der Waals surface area contributed by atoms with Crippen LogP contribution in [0.25, 0.3) is 10.9 Å². The molecule has 4 N–H and O–H groups in total. The molecule has 1 aliphatic rings. The standard InChI is InChI=1S/C17H23N5OS/c1-13-15(14-4-2-3-5-16(14)20-13)12-19-21-17(24)18-6-7-22-8-10-23-11-9-22/h2-5,12,20H,6-11H2,1H3,(H2,18,21,24)/p+1/b19-12+. The van der Waals surface area contributed by atoms with Crippen molar-refractivity contribution in [1.29, 1.82) is 0 Å². The summed E-state index contributed by atoms with van der Waals surface area (Å²) in [4.78, 5) is 4.91. The van der Waals surface area contributed by atoms with E-state index in [4.69, 9.17) is 17.0 Å². The van der Waals surface area contributed by atoms with Crippen molar-refractivity contribution in [1.82, 2.24) is 15.7 Å². The van der Waals surface area contributed by atoms with E-state index in [-0.39, 0.29) is 0 Å². The van der Waals surface area contributed by atoms with Crippen molar-refractivity contribution < 1.29 is 9.64 Å². The van der Waals surface area contributed by atoms with Gasteiger partial charge in [-0.3, -0.25) is 5.43 Å². The first-order valence-corrected chi connectivity index (χ1v) is 8.70. The second kappa shape index (κ2) is 8.23. The highest BCUT2D eigenvalue weighted by atomic mass is 32.1. The van der Waals surface area contributed by atoms with Crippen molar-refractivity contribution in [2.75, 3.05) is 39.4 Å². The monoisotopic (exact) mass is 346 g/mol. The smallest absolute Gasteiger partial charge is 0.187 e. The van der Waals surface area contributed by atoms with Gasteiger partial charge in [0, 0.05) is 22.2 Å². The highest BCUT2D eigenvalue weighted by molar-refractivity contribution is 7.80. The van der Waals surface area contributed by atoms with Gasteiger partial charge in [-0.1, -0.05) is 18.2 Å². The van der Waals surface area contributed by atoms with Crippen molar-refractivity contribution in [2.45, 2.75) is 6.92 Å². The fourth-order valence-electron chi connectivity index (χ4n) is 2.92. The van der Waals surface area contributed by atoms with Crippen LogP contribution >= 0.6 is 12.2 Å². The Morgan fingerprint density at radius 2 is 2.17 bits per heavy atom. The highest BCUT2D eigenvalue weighted by Crippen LogP contribution is 2.19. The molecule has 7 heteroatoms. The topological polar surface area (TPSA) is 65.9 Å². The number of nitrogens with one attached hydrogen (secondary N) is 4. The van der Waals surface area contributed by atoms with Crippen molar-refractivity contribution in [3.8, 4) is 0 Å². The van der Waals surface area contributed by atoms with Crippen LogP contribution in [0.3, 0.4) is 0 Å². The lowest BCUT2D eigenvalue weighted by Gasteiger charge is -2.23. The van der Waals surface area contributed by atoms with Crippen molar-refractivity contribution >= 4 is 34.4 Å². The Labute approximate surface area is 147 Å². The predicted octanol–water partition coefficient (Wildman–Crippen LogP) is 0.189. The van der Waals surface area contributed by atoms with E-state index in [0.717, 1.165) is 61.6 Å². The van der Waals surface area contributed by atoms with E-state index < -0.39 is 0 Å². The summed E-state index contributed by atoms with van der Waals surface area (Å²) in [7, 11) is 0. The predicted molar refractivity (Wildman–Crippen MR) is 101 cm³/mol. The van der Waals surface area contributed by atoms with Crippen molar-refractivity contribution in [3.05, 3.63) is 35.5 Å². The zero-order valence-corrected chi connectivity index (χ0v) is 14.7. The fourth-order valence-corrected chi connectivity index (χ4v) is 3.08. The van der Waals surface area contributed by atoms with Crippen LogP contribution in [0, 0.1) is 6.92 Å². The molecule has 1 saturated heterocycles. The van der Waals surface area contributed by atoms with Gasteiger partial charge in [-0.2, -0.15) is 5.10 Å². The number of aromatic amines is 1. The lowest BCUT2D eigenvalue weighted by Crippen LogP contribution is -3.14. The van der Waals surface area contributed by atoms with E-state index in [2.05, 4.69) is 33.0 Å². The Hall–Kier alpha value is -1.96. The third-order valence-electron chi connectivity index (χ3n) is 4.27. The van der Waals surface area contributed by atoms with Crippen LogP contribution in [0.5, 0.6) is 0 Å². The second-order valence-corrected chi connectivity index (χ2v) is 6.36. The number of nitrogens with zero attached hydrogens (tertiary/aromatic N) is 1. The van der Waals surface area contributed by atoms with Gasteiger partial charge in [-0.05, 0) is 25.2 Å². The lowest BCUT2D eigenvalue weighted by atomic mass is 10.1. The summed E-state index contributed by atoms with van der Waals surface area (Å²) in [6.07, 6.45) is 1.81. The summed E-state index contributed by atoms with van der Waals surface area (Å²) in [6.45, 7) is 7.76. The van der Waals surface area contributed by atoms with Crippen LogP contribution in [-0.2, 0) is 4.74 Å². The number of thiocarbonyl (C=S) groups is 1. The molecule has 2 heterocycles. The average molecular weight is 346 g/mol. The number of benzene rings is 1. The number of rotatable bonds is 5. The number of quaternary nitrogens is 1. The molecule has 1 aromatic heterocycles. The van der Waals surface area contributed by atoms with Gasteiger partial charge in [0.1, 0.15) is 13.1 Å². The molecule has 24 heavy (non-hydrogen) atoms. The van der Waals surface area contributed by atoms with Gasteiger partial charge in [-0.15, -0.1) is 0 Å². The number of aryl methyl sites for hydroxylation is 1. The SMILES string of the molecule is Cc1[nH]c2ccccc2c1/C=N/NC(=S)NCC[NH+]1CCOCC1. The zero-order chi connectivity index (χ0) is 16.8. The summed E-state index contributed by atoms with van der Waals surface area (Å²) >= 11 is 5.27. The minimum absolute atomic E-state index is 0.552. The van der Waals surface area contributed by atoms with Crippen LogP contribution in [0.1, 0.15) is 11.3 Å². The maximum Gasteiger partial charge on any atom is 0.187 e. The molecule has 0 aliphatic carbocycles. The number of para-hydroxylation sites is 1. The van der Waals surface area contributed by atoms with E-state index >= 15 is 0 Å². The first-order chi connectivity index (χ1) is 11.7. The maximum atomic E-state index is 5.35. The van der Waals surface area contributed by atoms with Crippen LogP contribution in [-0.4, -0.2) is 55.7 Å². The Morgan fingerprint density at radius 3 is 3.00 bits per heavy atom. The molecule has 0 spiro atoms. The Bertz CT molecular complexity index is 721. The molecule has 0 atom stereocenters. The highest BCUT2D eigenvalue weighted by Gasteiger charge is 2.12. The summed E-state index contributed by atoms with van der Waals surface area (Å²) in [5, 5.41) is 9.18. The molecule has 6 nitrogen and oxygen atoms in total. The molecule has 0 amide bonds. The van der Waals surface area contributed by atoms with E-state index in [1.165, 1.54) is 0 Å². The molecule has 128 valence electrons. The molecule has 1 fully saturated rings. The van der Waals surface area contributed by atoms with E-state index in [0.29, 0.717) is 5.11 Å². The van der Waals surface area contributed by atoms with Gasteiger partial charge < -0.3 is 19.9 Å². The normalized spacial score (nSPS) is 15.9. The molecular formula is C17H24N5OS+. The Morgan fingerprint density at radius 1 is 1.38 bits per heavy atom. The number of fused-ring (bicyclic) bond motifs is 1. The Kier molecular flexibility index (Phi) is 5.79. The molecular weight excluding hydrogens is 322 g/mol. The molecule has 0 saturated carbocycles. The number of aromatic nitrogens is 1. The van der Waals surface area contributed by atoms with E-state index in [1.54, 1.807) is 4.90 Å². The van der Waals surface area contributed by atoms with Crippen LogP contribution in [0.2, 0.25) is 0 Å². The number of H-pyrrole nitrogens is 1. The number of morpholine rings is 1. The summed E-state index contributed by atoms with van der Waals surface area (Å²) in [5.74, 6) is 0. The first kappa shape index (κ1) is 16.9. The van der Waals surface area contributed by atoms with Gasteiger partial charge >= 0.3 is 0 Å². The van der Waals surface area contributed by atoms with Gasteiger partial charge in [0.05, 0.1) is 32.5 Å². The van der Waals surface area contributed by atoms with Crippen LogP contribution in [0.15, 0.2) is 29.4 Å². The average Bonchev–Trinajstić information content (AvgIpc) is 2.92. The van der Waals surface area contributed by atoms with Gasteiger partial charge in [0.15, 0.2) is 5.11 Å². The number of hydrogen-bond acceptors (Lipinski definition) is 3. The van der Waals surface area contributed by atoms with Crippen molar-refractivity contribution in [3.63, 3.8) is 0 Å². The summed E-state index contributed by atoms with van der Waals surface area (Å²) < 4.78 is 5.35. The molecule has 0 bridgehead atoms. The molecule has 0 radical (unpaired) electrons. The van der Waals surface area contributed by atoms with Gasteiger partial charge in [0.25, 0.3) is 0 Å². The third-order valence-corrected chi connectivity index (χ3v) is 4.50. The number of hydrazone groups is 1. The summed E-state index contributed by atoms with van der Waals surface area (Å²) in [5.41, 5.74) is 6.18. The van der Waals surface area contributed by atoms with E-state index in [9.17, 15) is 0 Å². The van der Waals surface area contributed by atoms with Crippen LogP contribution < -0.4 is 15.6 Å². The molecule has 3 rings (SSSR count). The van der Waals surface area contributed by atoms with Gasteiger partial charge in [-0.25, -0.2) is 0 Å². The minimum Gasteiger partial charge on any atom is -0.370 e. The lowest BCUT2D eigenvalue weighted by molar-refractivity contribution is -0.906. The Balaban J connectivity index is 1.46. The largest absolute Gasteiger partial charge is 0.370 e. The maximum absolute atomic E-state index is 5.35. The second-order valence-electron chi connectivity index (χ2n) is 5.95. The van der Waals surface area contributed by atoms with Crippen LogP contribution in [0.4, 0.5) is 0 Å². The summed E-state index contributed by atoms with van der Waals surface area (Å²) in [6, 6.07) is 8.20. The number of ether oxygens (including phenoxy) is 1. The van der Waals surface area contributed by atoms with E-state index in [1.807, 2.05) is 25.3 Å².